The molecular weight excluding hydrogens is 188 g/mol. The smallest absolute Gasteiger partial charge is 0.159 e. The van der Waals surface area contributed by atoms with Crippen LogP contribution in [0.4, 0.5) is 0 Å². The van der Waals surface area contributed by atoms with Crippen LogP contribution in [-0.2, 0) is 11.2 Å². The van der Waals surface area contributed by atoms with Gasteiger partial charge in [-0.1, -0.05) is 25.6 Å². The van der Waals surface area contributed by atoms with E-state index < -0.39 is 0 Å². The fraction of sp³-hybridized carbons (Fsp3) is 0.308. The average molecular weight is 204 g/mol. The third-order valence-corrected chi connectivity index (χ3v) is 2.00. The molecule has 0 saturated carbocycles. The van der Waals surface area contributed by atoms with Gasteiger partial charge in [-0.2, -0.15) is 0 Å². The van der Waals surface area contributed by atoms with Crippen molar-refractivity contribution in [2.45, 2.75) is 19.8 Å². The van der Waals surface area contributed by atoms with E-state index in [1.807, 2.05) is 24.3 Å². The molecule has 0 fully saturated rings. The molecule has 0 aliphatic carbocycles. The van der Waals surface area contributed by atoms with Crippen LogP contribution in [0.1, 0.15) is 18.9 Å². The minimum atomic E-state index is 0.0391. The highest BCUT2D eigenvalue weighted by atomic mass is 16.5. The van der Waals surface area contributed by atoms with Crippen molar-refractivity contribution >= 4 is 5.78 Å². The molecule has 0 unspecified atom stereocenters. The number of ketones is 1. The van der Waals surface area contributed by atoms with Crippen molar-refractivity contribution in [1.82, 2.24) is 0 Å². The predicted octanol–water partition coefficient (Wildman–Crippen LogP) is 2.77. The van der Waals surface area contributed by atoms with Gasteiger partial charge in [-0.25, -0.2) is 0 Å². The maximum Gasteiger partial charge on any atom is 0.159 e. The standard InChI is InChI=1S/C13H16O2/c1-3-9-15-13-7-5-11(6-8-13)10-12(14)4-2/h4-8H,2-3,9-10H2,1H3. The summed E-state index contributed by atoms with van der Waals surface area (Å²) in [6.45, 7) is 6.23. The molecule has 80 valence electrons. The molecule has 0 aromatic heterocycles. The van der Waals surface area contributed by atoms with Crippen molar-refractivity contribution < 1.29 is 9.53 Å². The Morgan fingerprint density at radius 2 is 2.07 bits per heavy atom. The van der Waals surface area contributed by atoms with Gasteiger partial charge in [-0.15, -0.1) is 0 Å². The lowest BCUT2D eigenvalue weighted by atomic mass is 10.1. The van der Waals surface area contributed by atoms with Gasteiger partial charge in [0.15, 0.2) is 5.78 Å². The third kappa shape index (κ3) is 3.98. The van der Waals surface area contributed by atoms with Crippen LogP contribution in [0, 0.1) is 0 Å². The highest BCUT2D eigenvalue weighted by molar-refractivity contribution is 5.90. The van der Waals surface area contributed by atoms with Crippen molar-refractivity contribution in [3.63, 3.8) is 0 Å². The summed E-state index contributed by atoms with van der Waals surface area (Å²) in [6, 6.07) is 7.60. The number of ether oxygens (including phenoxy) is 1. The van der Waals surface area contributed by atoms with Crippen LogP contribution < -0.4 is 4.74 Å². The second kappa shape index (κ2) is 6.02. The quantitative estimate of drug-likeness (QED) is 0.666. The minimum absolute atomic E-state index is 0.0391. The van der Waals surface area contributed by atoms with Crippen molar-refractivity contribution in [3.8, 4) is 5.75 Å². The Morgan fingerprint density at radius 1 is 1.40 bits per heavy atom. The van der Waals surface area contributed by atoms with Crippen LogP contribution in [0.2, 0.25) is 0 Å². The Morgan fingerprint density at radius 3 is 2.60 bits per heavy atom. The van der Waals surface area contributed by atoms with E-state index in [1.54, 1.807) is 0 Å². The van der Waals surface area contributed by atoms with E-state index >= 15 is 0 Å². The molecule has 0 heterocycles. The molecule has 2 nitrogen and oxygen atoms in total. The number of allylic oxidation sites excluding steroid dienone is 1. The Kier molecular flexibility index (Phi) is 4.61. The number of rotatable bonds is 6. The number of hydrogen-bond acceptors (Lipinski definition) is 2. The van der Waals surface area contributed by atoms with Gasteiger partial charge in [0.25, 0.3) is 0 Å². The summed E-state index contributed by atoms with van der Waals surface area (Å²) in [5.74, 6) is 0.892. The highest BCUT2D eigenvalue weighted by Gasteiger charge is 1.99. The van der Waals surface area contributed by atoms with E-state index in [1.165, 1.54) is 6.08 Å². The molecule has 0 saturated heterocycles. The van der Waals surface area contributed by atoms with Crippen molar-refractivity contribution in [1.29, 1.82) is 0 Å². The summed E-state index contributed by atoms with van der Waals surface area (Å²) in [4.78, 5) is 11.1. The molecule has 0 N–H and O–H groups in total. The van der Waals surface area contributed by atoms with Gasteiger partial charge in [0, 0.05) is 6.42 Å². The van der Waals surface area contributed by atoms with Gasteiger partial charge in [0.1, 0.15) is 5.75 Å². The monoisotopic (exact) mass is 204 g/mol. The zero-order valence-corrected chi connectivity index (χ0v) is 9.03. The second-order valence-corrected chi connectivity index (χ2v) is 3.34. The molecule has 1 aromatic rings. The van der Waals surface area contributed by atoms with E-state index in [0.29, 0.717) is 6.42 Å². The van der Waals surface area contributed by atoms with Crippen molar-refractivity contribution in [2.75, 3.05) is 6.61 Å². The SMILES string of the molecule is C=CC(=O)Cc1ccc(OCCC)cc1. The molecular formula is C13H16O2. The maximum atomic E-state index is 11.1. The maximum absolute atomic E-state index is 11.1. The molecule has 1 rings (SSSR count). The van der Waals surface area contributed by atoms with Gasteiger partial charge in [0.2, 0.25) is 0 Å². The topological polar surface area (TPSA) is 26.3 Å². The molecule has 2 heteroatoms. The lowest BCUT2D eigenvalue weighted by Gasteiger charge is -2.04. The zero-order valence-electron chi connectivity index (χ0n) is 9.03. The zero-order chi connectivity index (χ0) is 11.1. The first-order valence-corrected chi connectivity index (χ1v) is 5.13. The third-order valence-electron chi connectivity index (χ3n) is 2.00. The molecule has 0 aliphatic heterocycles. The first-order valence-electron chi connectivity index (χ1n) is 5.13. The molecule has 0 aliphatic rings. The van der Waals surface area contributed by atoms with E-state index in [-0.39, 0.29) is 5.78 Å². The Hall–Kier alpha value is -1.57. The predicted molar refractivity (Wildman–Crippen MR) is 61.1 cm³/mol. The second-order valence-electron chi connectivity index (χ2n) is 3.34. The largest absolute Gasteiger partial charge is 0.494 e. The van der Waals surface area contributed by atoms with Gasteiger partial charge in [-0.3, -0.25) is 4.79 Å². The van der Waals surface area contributed by atoms with Crippen LogP contribution in [0.5, 0.6) is 5.75 Å². The number of carbonyl (C=O) groups excluding carboxylic acids is 1. The van der Waals surface area contributed by atoms with Crippen molar-refractivity contribution in [3.05, 3.63) is 42.5 Å². The number of hydrogen-bond donors (Lipinski definition) is 0. The highest BCUT2D eigenvalue weighted by Crippen LogP contribution is 2.13. The van der Waals surface area contributed by atoms with Crippen molar-refractivity contribution in [2.24, 2.45) is 0 Å². The van der Waals surface area contributed by atoms with Crippen LogP contribution in [0.3, 0.4) is 0 Å². The fourth-order valence-electron chi connectivity index (χ4n) is 1.20. The summed E-state index contributed by atoms with van der Waals surface area (Å²) in [5, 5.41) is 0. The first kappa shape index (κ1) is 11.5. The van der Waals surface area contributed by atoms with Crippen LogP contribution in [-0.4, -0.2) is 12.4 Å². The molecule has 0 bridgehead atoms. The lowest BCUT2D eigenvalue weighted by Crippen LogP contribution is -1.98. The Labute approximate surface area is 90.6 Å². The molecule has 0 amide bonds. The molecule has 0 radical (unpaired) electrons. The van der Waals surface area contributed by atoms with Crippen LogP contribution >= 0.6 is 0 Å². The molecule has 1 aromatic carbocycles. The number of carbonyl (C=O) groups is 1. The Bertz CT molecular complexity index is 325. The summed E-state index contributed by atoms with van der Waals surface area (Å²) >= 11 is 0. The summed E-state index contributed by atoms with van der Waals surface area (Å²) in [6.07, 6.45) is 2.76. The van der Waals surface area contributed by atoms with E-state index in [4.69, 9.17) is 4.74 Å². The van der Waals surface area contributed by atoms with E-state index in [9.17, 15) is 4.79 Å². The molecule has 15 heavy (non-hydrogen) atoms. The van der Waals surface area contributed by atoms with E-state index in [0.717, 1.165) is 24.3 Å². The minimum Gasteiger partial charge on any atom is -0.494 e. The van der Waals surface area contributed by atoms with Gasteiger partial charge >= 0.3 is 0 Å². The fourth-order valence-corrected chi connectivity index (χ4v) is 1.20. The average Bonchev–Trinajstić information content (AvgIpc) is 2.28. The first-order chi connectivity index (χ1) is 7.26. The van der Waals surface area contributed by atoms with Gasteiger partial charge < -0.3 is 4.74 Å². The molecule has 0 atom stereocenters. The van der Waals surface area contributed by atoms with E-state index in [2.05, 4.69) is 13.5 Å². The summed E-state index contributed by atoms with van der Waals surface area (Å²) < 4.78 is 5.44. The normalized spacial score (nSPS) is 9.67. The lowest BCUT2D eigenvalue weighted by molar-refractivity contribution is -0.114. The van der Waals surface area contributed by atoms with Crippen LogP contribution in [0.25, 0.3) is 0 Å². The number of benzene rings is 1. The Balaban J connectivity index is 2.55. The molecule has 0 spiro atoms. The van der Waals surface area contributed by atoms with Crippen LogP contribution in [0.15, 0.2) is 36.9 Å². The van der Waals surface area contributed by atoms with Gasteiger partial charge in [-0.05, 0) is 30.2 Å². The summed E-state index contributed by atoms with van der Waals surface area (Å²) in [5.41, 5.74) is 0.990. The summed E-state index contributed by atoms with van der Waals surface area (Å²) in [7, 11) is 0. The van der Waals surface area contributed by atoms with Gasteiger partial charge in [0.05, 0.1) is 6.61 Å².